The highest BCUT2D eigenvalue weighted by molar-refractivity contribution is 5.67. The normalized spacial score (nSPS) is 22.8. The third-order valence-electron chi connectivity index (χ3n) is 5.31. The molecule has 2 aliphatic heterocycles. The van der Waals surface area contributed by atoms with Crippen molar-refractivity contribution in [3.05, 3.63) is 36.3 Å². The third kappa shape index (κ3) is 3.26. The Hall–Kier alpha value is -2.34. The summed E-state index contributed by atoms with van der Waals surface area (Å²) in [6.07, 6.45) is 4.43. The summed E-state index contributed by atoms with van der Waals surface area (Å²) in [6.45, 7) is 2.30. The van der Waals surface area contributed by atoms with Crippen LogP contribution in [0, 0.1) is 5.92 Å². The number of aromatic nitrogens is 2. The number of β-amino-alcohol motifs (C(OH)–C–C–N with tert-alkyl or cyclic N) is 1. The molecule has 2 aliphatic rings. The van der Waals surface area contributed by atoms with E-state index in [0.717, 1.165) is 55.1 Å². The minimum atomic E-state index is -0.729. The van der Waals surface area contributed by atoms with Crippen molar-refractivity contribution in [3.63, 3.8) is 0 Å². The van der Waals surface area contributed by atoms with E-state index in [2.05, 4.69) is 38.7 Å². The summed E-state index contributed by atoms with van der Waals surface area (Å²) < 4.78 is 2.17. The maximum Gasteiger partial charge on any atom is 0.303 e. The van der Waals surface area contributed by atoms with Gasteiger partial charge in [-0.2, -0.15) is 0 Å². The van der Waals surface area contributed by atoms with Crippen molar-refractivity contribution >= 4 is 11.7 Å². The lowest BCUT2D eigenvalue weighted by molar-refractivity contribution is -0.138. The Balaban J connectivity index is 1.55. The minimum Gasteiger partial charge on any atom is -0.481 e. The maximum atomic E-state index is 11.0. The van der Waals surface area contributed by atoms with Gasteiger partial charge in [-0.1, -0.05) is 12.1 Å². The number of carbonyl (C=O) groups is 1. The lowest BCUT2D eigenvalue weighted by Crippen LogP contribution is -2.23. The van der Waals surface area contributed by atoms with Crippen LogP contribution < -0.4 is 4.90 Å². The Morgan fingerprint density at radius 1 is 1.20 bits per heavy atom. The van der Waals surface area contributed by atoms with Gasteiger partial charge in [0, 0.05) is 38.2 Å². The highest BCUT2D eigenvalue weighted by Gasteiger charge is 2.24. The first-order valence-electron chi connectivity index (χ1n) is 8.90. The fourth-order valence-corrected chi connectivity index (χ4v) is 3.96. The molecule has 2 aromatic rings. The molecule has 0 aliphatic carbocycles. The lowest BCUT2D eigenvalue weighted by atomic mass is 9.95. The number of aliphatic hydroxyl groups is 1. The minimum absolute atomic E-state index is 0.170. The number of fused-ring (bicyclic) bond motifs is 1. The average molecular weight is 341 g/mol. The summed E-state index contributed by atoms with van der Waals surface area (Å²) >= 11 is 0. The number of benzene rings is 1. The van der Waals surface area contributed by atoms with Crippen LogP contribution in [0.2, 0.25) is 0 Å². The Morgan fingerprint density at radius 3 is 2.68 bits per heavy atom. The molecule has 1 aromatic carbocycles. The van der Waals surface area contributed by atoms with Crippen molar-refractivity contribution in [2.75, 3.05) is 18.0 Å². The topological polar surface area (TPSA) is 78.6 Å². The monoisotopic (exact) mass is 341 g/mol. The number of hydrogen-bond donors (Lipinski definition) is 2. The van der Waals surface area contributed by atoms with Gasteiger partial charge in [0.25, 0.3) is 0 Å². The molecule has 1 aromatic heterocycles. The van der Waals surface area contributed by atoms with Crippen LogP contribution >= 0.6 is 0 Å². The zero-order chi connectivity index (χ0) is 17.4. The molecular weight excluding hydrogens is 318 g/mol. The van der Waals surface area contributed by atoms with Crippen molar-refractivity contribution in [1.82, 2.24) is 9.55 Å². The van der Waals surface area contributed by atoms with Gasteiger partial charge in [0.1, 0.15) is 5.82 Å². The van der Waals surface area contributed by atoms with Crippen LogP contribution in [0.4, 0.5) is 5.69 Å². The molecule has 0 amide bonds. The third-order valence-corrected chi connectivity index (χ3v) is 5.31. The van der Waals surface area contributed by atoms with Crippen molar-refractivity contribution in [1.29, 1.82) is 0 Å². The molecule has 0 spiro atoms. The molecule has 0 radical (unpaired) electrons. The molecule has 2 atom stereocenters. The summed E-state index contributed by atoms with van der Waals surface area (Å²) in [5, 5.41) is 18.7. The summed E-state index contributed by atoms with van der Waals surface area (Å²) in [4.78, 5) is 17.7. The van der Waals surface area contributed by atoms with Crippen LogP contribution in [0.15, 0.2) is 30.5 Å². The lowest BCUT2D eigenvalue weighted by Gasteiger charge is -2.24. The first-order valence-corrected chi connectivity index (χ1v) is 8.90. The number of aliphatic hydroxyl groups excluding tert-OH is 1. The quantitative estimate of drug-likeness (QED) is 0.891. The van der Waals surface area contributed by atoms with E-state index < -0.39 is 5.97 Å². The van der Waals surface area contributed by atoms with Crippen molar-refractivity contribution in [2.24, 2.45) is 5.92 Å². The van der Waals surface area contributed by atoms with Crippen LogP contribution in [0.25, 0.3) is 11.3 Å². The fourth-order valence-electron chi connectivity index (χ4n) is 3.96. The van der Waals surface area contributed by atoms with Crippen LogP contribution in [-0.4, -0.2) is 44.9 Å². The Labute approximate surface area is 146 Å². The predicted octanol–water partition coefficient (Wildman–Crippen LogP) is 2.16. The van der Waals surface area contributed by atoms with E-state index in [4.69, 9.17) is 5.11 Å². The number of carboxylic acids is 1. The van der Waals surface area contributed by atoms with Gasteiger partial charge < -0.3 is 19.7 Å². The van der Waals surface area contributed by atoms with Gasteiger partial charge in [0.2, 0.25) is 0 Å². The van der Waals surface area contributed by atoms with E-state index in [1.54, 1.807) is 0 Å². The largest absolute Gasteiger partial charge is 0.481 e. The second kappa shape index (κ2) is 6.52. The van der Waals surface area contributed by atoms with Gasteiger partial charge in [-0.3, -0.25) is 4.79 Å². The maximum absolute atomic E-state index is 11.0. The highest BCUT2D eigenvalue weighted by atomic mass is 16.4. The first-order chi connectivity index (χ1) is 12.1. The molecule has 6 heteroatoms. The standard InChI is InChI=1S/C19H23N3O3/c23-16-7-8-21(12-16)15-4-2-14(3-5-15)17-10-20-18-6-1-13(9-19(24)25)11-22(17)18/h2-5,10,13,16,23H,1,6-9,11-12H2,(H,24,25). The van der Waals surface area contributed by atoms with Gasteiger partial charge in [0.15, 0.2) is 0 Å². The number of nitrogens with zero attached hydrogens (tertiary/aromatic N) is 3. The van der Waals surface area contributed by atoms with Crippen LogP contribution in [0.1, 0.15) is 25.1 Å². The molecule has 0 saturated carbocycles. The van der Waals surface area contributed by atoms with Crippen LogP contribution in [0.5, 0.6) is 0 Å². The molecular formula is C19H23N3O3. The predicted molar refractivity (Wildman–Crippen MR) is 94.6 cm³/mol. The zero-order valence-electron chi connectivity index (χ0n) is 14.1. The van der Waals surface area contributed by atoms with Gasteiger partial charge >= 0.3 is 5.97 Å². The second-order valence-corrected chi connectivity index (χ2v) is 7.11. The molecule has 0 bridgehead atoms. The second-order valence-electron chi connectivity index (χ2n) is 7.11. The number of anilines is 1. The van der Waals surface area contributed by atoms with E-state index in [1.807, 2.05) is 6.20 Å². The number of imidazole rings is 1. The van der Waals surface area contributed by atoms with Gasteiger partial charge in [0.05, 0.1) is 18.0 Å². The molecule has 6 nitrogen and oxygen atoms in total. The number of rotatable bonds is 4. The number of aliphatic carboxylic acids is 1. The smallest absolute Gasteiger partial charge is 0.303 e. The summed E-state index contributed by atoms with van der Waals surface area (Å²) in [6, 6.07) is 8.35. The van der Waals surface area contributed by atoms with Gasteiger partial charge in [-0.05, 0) is 36.5 Å². The summed E-state index contributed by atoms with van der Waals surface area (Å²) in [5.74, 6) is 0.485. The fraction of sp³-hybridized carbons (Fsp3) is 0.474. The molecule has 2 N–H and O–H groups in total. The number of hydrogen-bond acceptors (Lipinski definition) is 4. The molecule has 1 fully saturated rings. The van der Waals surface area contributed by atoms with E-state index in [1.165, 1.54) is 0 Å². The highest BCUT2D eigenvalue weighted by Crippen LogP contribution is 2.30. The molecule has 132 valence electrons. The van der Waals surface area contributed by atoms with Gasteiger partial charge in [-0.25, -0.2) is 4.98 Å². The SMILES string of the molecule is O=C(O)CC1CCc2ncc(-c3ccc(N4CCC(O)C4)cc3)n2C1. The molecule has 1 saturated heterocycles. The number of aryl methyl sites for hydroxylation is 1. The van der Waals surface area contributed by atoms with Crippen molar-refractivity contribution < 1.29 is 15.0 Å². The Bertz CT molecular complexity index is 769. The average Bonchev–Trinajstić information content (AvgIpc) is 3.20. The Kier molecular flexibility index (Phi) is 4.21. The molecule has 2 unspecified atom stereocenters. The molecule has 25 heavy (non-hydrogen) atoms. The summed E-state index contributed by atoms with van der Waals surface area (Å²) in [7, 11) is 0. The van der Waals surface area contributed by atoms with E-state index in [0.29, 0.717) is 6.54 Å². The molecule has 4 rings (SSSR count). The van der Waals surface area contributed by atoms with Crippen LogP contribution in [0.3, 0.4) is 0 Å². The van der Waals surface area contributed by atoms with E-state index in [9.17, 15) is 9.90 Å². The Morgan fingerprint density at radius 2 is 2.00 bits per heavy atom. The van der Waals surface area contributed by atoms with Crippen molar-refractivity contribution in [2.45, 2.75) is 38.3 Å². The van der Waals surface area contributed by atoms with E-state index >= 15 is 0 Å². The van der Waals surface area contributed by atoms with Crippen LogP contribution in [-0.2, 0) is 17.8 Å². The first kappa shape index (κ1) is 16.1. The van der Waals surface area contributed by atoms with E-state index in [-0.39, 0.29) is 18.4 Å². The number of carboxylic acid groups (broad SMARTS) is 1. The summed E-state index contributed by atoms with van der Waals surface area (Å²) in [5.41, 5.74) is 3.28. The van der Waals surface area contributed by atoms with Gasteiger partial charge in [-0.15, -0.1) is 0 Å². The zero-order valence-corrected chi connectivity index (χ0v) is 14.1. The van der Waals surface area contributed by atoms with Crippen molar-refractivity contribution in [3.8, 4) is 11.3 Å². The molecule has 3 heterocycles.